The highest BCUT2D eigenvalue weighted by atomic mass is 32.2. The molecule has 2 N–H and O–H groups in total. The summed E-state index contributed by atoms with van der Waals surface area (Å²) in [7, 11) is -0.0845. The maximum absolute atomic E-state index is 12.0. The zero-order chi connectivity index (χ0) is 12.8. The molecule has 6 heteroatoms. The van der Waals surface area contributed by atoms with Crippen LogP contribution < -0.4 is 5.73 Å². The van der Waals surface area contributed by atoms with Gasteiger partial charge in [-0.15, -0.1) is 0 Å². The lowest BCUT2D eigenvalue weighted by Gasteiger charge is -2.26. The van der Waals surface area contributed by atoms with E-state index in [2.05, 4.69) is 6.92 Å². The number of hydrogen-bond donors (Lipinski definition) is 1. The van der Waals surface area contributed by atoms with Gasteiger partial charge in [-0.25, -0.2) is 0 Å². The van der Waals surface area contributed by atoms with Crippen molar-refractivity contribution in [2.45, 2.75) is 26.7 Å². The summed E-state index contributed by atoms with van der Waals surface area (Å²) in [5, 5.41) is 0. The Bertz CT molecular complexity index is 280. The lowest BCUT2D eigenvalue weighted by molar-refractivity contribution is 0.353. The molecular formula is C10H25N3O2S. The van der Waals surface area contributed by atoms with E-state index >= 15 is 0 Å². The van der Waals surface area contributed by atoms with Crippen molar-refractivity contribution < 1.29 is 8.42 Å². The average Bonchev–Trinajstić information content (AvgIpc) is 2.25. The van der Waals surface area contributed by atoms with Gasteiger partial charge in [-0.1, -0.05) is 20.3 Å². The zero-order valence-corrected chi connectivity index (χ0v) is 11.6. The minimum absolute atomic E-state index is 0.377. The maximum atomic E-state index is 12.0. The summed E-state index contributed by atoms with van der Waals surface area (Å²) in [5.41, 5.74) is 5.36. The van der Waals surface area contributed by atoms with Crippen molar-refractivity contribution in [3.8, 4) is 0 Å². The highest BCUT2D eigenvalue weighted by molar-refractivity contribution is 7.86. The van der Waals surface area contributed by atoms with Crippen LogP contribution in [0.2, 0.25) is 0 Å². The Morgan fingerprint density at radius 1 is 1.25 bits per heavy atom. The minimum atomic E-state index is -3.31. The van der Waals surface area contributed by atoms with Crippen LogP contribution >= 0.6 is 0 Å². The van der Waals surface area contributed by atoms with Crippen molar-refractivity contribution in [1.82, 2.24) is 8.61 Å². The van der Waals surface area contributed by atoms with E-state index in [1.54, 1.807) is 14.1 Å². The molecule has 0 rings (SSSR count). The largest absolute Gasteiger partial charge is 0.330 e. The molecule has 1 atom stereocenters. The van der Waals surface area contributed by atoms with Gasteiger partial charge in [-0.05, 0) is 18.9 Å². The molecule has 5 nitrogen and oxygen atoms in total. The molecule has 0 aromatic heterocycles. The lowest BCUT2D eigenvalue weighted by Crippen LogP contribution is -2.42. The first-order valence-corrected chi connectivity index (χ1v) is 7.13. The molecule has 0 spiro atoms. The molecule has 0 aliphatic heterocycles. The van der Waals surface area contributed by atoms with Gasteiger partial charge in [0.2, 0.25) is 0 Å². The third-order valence-electron chi connectivity index (χ3n) is 2.73. The lowest BCUT2D eigenvalue weighted by atomic mass is 10.1. The van der Waals surface area contributed by atoms with E-state index in [0.717, 1.165) is 6.42 Å². The average molecular weight is 251 g/mol. The first kappa shape index (κ1) is 15.8. The van der Waals surface area contributed by atoms with Gasteiger partial charge in [0, 0.05) is 27.2 Å². The highest BCUT2D eigenvalue weighted by Gasteiger charge is 2.23. The quantitative estimate of drug-likeness (QED) is 0.683. The second kappa shape index (κ2) is 7.21. The second-order valence-electron chi connectivity index (χ2n) is 4.27. The topological polar surface area (TPSA) is 66.6 Å². The fraction of sp³-hybridized carbons (Fsp3) is 1.00. The van der Waals surface area contributed by atoms with Gasteiger partial charge in [0.1, 0.15) is 0 Å². The zero-order valence-electron chi connectivity index (χ0n) is 10.8. The van der Waals surface area contributed by atoms with Gasteiger partial charge in [0.15, 0.2) is 0 Å². The molecule has 16 heavy (non-hydrogen) atoms. The smallest absolute Gasteiger partial charge is 0.281 e. The summed E-state index contributed by atoms with van der Waals surface area (Å²) >= 11 is 0. The Labute approximate surface area is 99.8 Å². The number of nitrogens with two attached hydrogens (primary N) is 1. The van der Waals surface area contributed by atoms with E-state index in [-0.39, 0.29) is 0 Å². The molecule has 1 unspecified atom stereocenters. The Morgan fingerprint density at radius 3 is 2.25 bits per heavy atom. The van der Waals surface area contributed by atoms with Gasteiger partial charge in [-0.2, -0.15) is 17.0 Å². The first-order valence-electron chi connectivity index (χ1n) is 5.73. The number of nitrogens with zero attached hydrogens (tertiary/aromatic N) is 2. The molecule has 0 radical (unpaired) electrons. The van der Waals surface area contributed by atoms with E-state index in [1.807, 2.05) is 6.92 Å². The molecule has 0 bridgehead atoms. The van der Waals surface area contributed by atoms with E-state index in [9.17, 15) is 8.42 Å². The number of hydrogen-bond acceptors (Lipinski definition) is 3. The van der Waals surface area contributed by atoms with Crippen LogP contribution in [-0.4, -0.2) is 50.8 Å². The monoisotopic (exact) mass is 251 g/mol. The van der Waals surface area contributed by atoms with Crippen molar-refractivity contribution in [2.75, 3.05) is 33.7 Å². The van der Waals surface area contributed by atoms with Crippen LogP contribution in [-0.2, 0) is 10.2 Å². The van der Waals surface area contributed by atoms with Gasteiger partial charge in [0.05, 0.1) is 0 Å². The van der Waals surface area contributed by atoms with Crippen LogP contribution in [0.4, 0.5) is 0 Å². The predicted octanol–water partition coefficient (Wildman–Crippen LogP) is 0.490. The van der Waals surface area contributed by atoms with E-state index in [4.69, 9.17) is 5.73 Å². The Hall–Kier alpha value is -0.170. The molecule has 0 saturated carbocycles. The molecule has 0 fully saturated rings. The molecule has 0 aromatic rings. The molecule has 0 aromatic carbocycles. The van der Waals surface area contributed by atoms with Crippen LogP contribution in [0.15, 0.2) is 0 Å². The number of rotatable bonds is 8. The maximum Gasteiger partial charge on any atom is 0.281 e. The van der Waals surface area contributed by atoms with Crippen molar-refractivity contribution in [2.24, 2.45) is 11.7 Å². The molecular weight excluding hydrogens is 226 g/mol. The summed E-state index contributed by atoms with van der Waals surface area (Å²) < 4.78 is 26.8. The molecule has 0 aliphatic carbocycles. The van der Waals surface area contributed by atoms with Crippen LogP contribution in [0.3, 0.4) is 0 Å². The van der Waals surface area contributed by atoms with Crippen molar-refractivity contribution in [1.29, 1.82) is 0 Å². The van der Waals surface area contributed by atoms with Crippen LogP contribution in [0.1, 0.15) is 26.7 Å². The molecule has 0 heterocycles. The summed E-state index contributed by atoms with van der Waals surface area (Å²) in [5.74, 6) is 0.377. The standard InChI is InChI=1S/C10H25N3O2S/c1-5-10(2)9-13(4)16(14,15)12(3)8-6-7-11/h10H,5-9,11H2,1-4H3. The third-order valence-corrected chi connectivity index (χ3v) is 4.64. The molecule has 0 saturated heterocycles. The van der Waals surface area contributed by atoms with Crippen molar-refractivity contribution in [3.05, 3.63) is 0 Å². The van der Waals surface area contributed by atoms with Gasteiger partial charge in [-0.3, -0.25) is 0 Å². The molecule has 0 aliphatic rings. The van der Waals surface area contributed by atoms with E-state index < -0.39 is 10.2 Å². The van der Waals surface area contributed by atoms with E-state index in [1.165, 1.54) is 8.61 Å². The van der Waals surface area contributed by atoms with Gasteiger partial charge < -0.3 is 5.73 Å². The van der Waals surface area contributed by atoms with Crippen LogP contribution in [0, 0.1) is 5.92 Å². The van der Waals surface area contributed by atoms with Gasteiger partial charge in [0.25, 0.3) is 10.2 Å². The summed E-state index contributed by atoms with van der Waals surface area (Å²) in [6, 6.07) is 0. The van der Waals surface area contributed by atoms with Crippen LogP contribution in [0.5, 0.6) is 0 Å². The summed E-state index contributed by atoms with van der Waals surface area (Å²) in [6.07, 6.45) is 1.67. The Morgan fingerprint density at radius 2 is 1.81 bits per heavy atom. The highest BCUT2D eigenvalue weighted by Crippen LogP contribution is 2.09. The predicted molar refractivity (Wildman–Crippen MR) is 67.3 cm³/mol. The minimum Gasteiger partial charge on any atom is -0.330 e. The fourth-order valence-electron chi connectivity index (χ4n) is 1.33. The first-order chi connectivity index (χ1) is 7.36. The van der Waals surface area contributed by atoms with Gasteiger partial charge >= 0.3 is 0 Å². The van der Waals surface area contributed by atoms with Crippen LogP contribution in [0.25, 0.3) is 0 Å². The second-order valence-corrected chi connectivity index (χ2v) is 6.41. The fourth-order valence-corrected chi connectivity index (χ4v) is 2.61. The Balaban J connectivity index is 4.40. The summed E-state index contributed by atoms with van der Waals surface area (Å²) in [4.78, 5) is 0. The summed E-state index contributed by atoms with van der Waals surface area (Å²) in [6.45, 7) is 5.65. The third kappa shape index (κ3) is 4.78. The SMILES string of the molecule is CCC(C)CN(C)S(=O)(=O)N(C)CCCN. The molecule has 98 valence electrons. The normalized spacial score (nSPS) is 14.7. The van der Waals surface area contributed by atoms with Crippen molar-refractivity contribution >= 4 is 10.2 Å². The van der Waals surface area contributed by atoms with E-state index in [0.29, 0.717) is 32.0 Å². The Kier molecular flexibility index (Phi) is 7.14. The molecule has 0 amide bonds. The van der Waals surface area contributed by atoms with Crippen molar-refractivity contribution in [3.63, 3.8) is 0 Å².